The van der Waals surface area contributed by atoms with Crippen molar-refractivity contribution in [2.24, 2.45) is 5.73 Å². The molecule has 120 valence electrons. The second-order valence-corrected chi connectivity index (χ2v) is 6.57. The van der Waals surface area contributed by atoms with E-state index < -0.39 is 6.04 Å². The first-order valence-corrected chi connectivity index (χ1v) is 8.59. The lowest BCUT2D eigenvalue weighted by Crippen LogP contribution is -2.52. The number of likely N-dealkylation sites (tertiary alicyclic amines) is 2. The molecule has 2 heterocycles. The largest absolute Gasteiger partial charge is 0.339 e. The Bertz CT molecular complexity index is 484. The molecule has 0 spiro atoms. The SMILES string of the molecule is NC(C(=O)N1CCCC(N2CCCCC2)C1)c1ccccc1. The van der Waals surface area contributed by atoms with Crippen molar-refractivity contribution >= 4 is 5.91 Å². The number of amides is 1. The van der Waals surface area contributed by atoms with Crippen molar-refractivity contribution in [1.29, 1.82) is 0 Å². The van der Waals surface area contributed by atoms with E-state index in [0.717, 1.165) is 25.1 Å². The van der Waals surface area contributed by atoms with Gasteiger partial charge in [0.15, 0.2) is 0 Å². The van der Waals surface area contributed by atoms with Gasteiger partial charge in [-0.25, -0.2) is 0 Å². The van der Waals surface area contributed by atoms with Crippen LogP contribution in [-0.2, 0) is 4.79 Å². The van der Waals surface area contributed by atoms with Gasteiger partial charge in [-0.2, -0.15) is 0 Å². The smallest absolute Gasteiger partial charge is 0.244 e. The maximum absolute atomic E-state index is 12.7. The summed E-state index contributed by atoms with van der Waals surface area (Å²) in [6, 6.07) is 9.71. The van der Waals surface area contributed by atoms with E-state index in [2.05, 4.69) is 4.90 Å². The van der Waals surface area contributed by atoms with Gasteiger partial charge in [0.2, 0.25) is 5.91 Å². The summed E-state index contributed by atoms with van der Waals surface area (Å²) in [5.74, 6) is 0.0768. The number of rotatable bonds is 3. The third-order valence-corrected chi connectivity index (χ3v) is 5.04. The molecule has 2 aliphatic heterocycles. The number of hydrogen-bond donors (Lipinski definition) is 1. The molecule has 2 N–H and O–H groups in total. The first-order chi connectivity index (χ1) is 10.8. The Labute approximate surface area is 133 Å². The number of benzene rings is 1. The molecule has 3 rings (SSSR count). The number of carbonyl (C=O) groups is 1. The summed E-state index contributed by atoms with van der Waals surface area (Å²) in [5.41, 5.74) is 7.10. The van der Waals surface area contributed by atoms with E-state index in [1.807, 2.05) is 35.2 Å². The van der Waals surface area contributed by atoms with Crippen molar-refractivity contribution in [2.45, 2.75) is 44.2 Å². The van der Waals surface area contributed by atoms with Crippen molar-refractivity contribution in [3.05, 3.63) is 35.9 Å². The van der Waals surface area contributed by atoms with Gasteiger partial charge in [-0.15, -0.1) is 0 Å². The highest BCUT2D eigenvalue weighted by Gasteiger charge is 2.30. The molecule has 0 bridgehead atoms. The second-order valence-electron chi connectivity index (χ2n) is 6.57. The van der Waals surface area contributed by atoms with Crippen LogP contribution in [0.25, 0.3) is 0 Å². The maximum Gasteiger partial charge on any atom is 0.244 e. The molecule has 2 saturated heterocycles. The lowest BCUT2D eigenvalue weighted by Gasteiger charge is -2.41. The highest BCUT2D eigenvalue weighted by atomic mass is 16.2. The lowest BCUT2D eigenvalue weighted by molar-refractivity contribution is -0.135. The molecule has 4 nitrogen and oxygen atoms in total. The van der Waals surface area contributed by atoms with E-state index in [1.54, 1.807) is 0 Å². The van der Waals surface area contributed by atoms with Gasteiger partial charge in [0.25, 0.3) is 0 Å². The zero-order chi connectivity index (χ0) is 15.4. The van der Waals surface area contributed by atoms with Gasteiger partial charge in [-0.1, -0.05) is 36.8 Å². The van der Waals surface area contributed by atoms with Crippen LogP contribution >= 0.6 is 0 Å². The minimum Gasteiger partial charge on any atom is -0.339 e. The van der Waals surface area contributed by atoms with Crippen LogP contribution in [0.15, 0.2) is 30.3 Å². The van der Waals surface area contributed by atoms with Crippen LogP contribution in [0.3, 0.4) is 0 Å². The Kier molecular flexibility index (Phi) is 5.11. The highest BCUT2D eigenvalue weighted by molar-refractivity contribution is 5.83. The average Bonchev–Trinajstić information content (AvgIpc) is 2.62. The van der Waals surface area contributed by atoms with Crippen molar-refractivity contribution in [1.82, 2.24) is 9.80 Å². The van der Waals surface area contributed by atoms with Gasteiger partial charge >= 0.3 is 0 Å². The zero-order valence-corrected chi connectivity index (χ0v) is 13.3. The van der Waals surface area contributed by atoms with Crippen LogP contribution in [0.5, 0.6) is 0 Å². The molecular weight excluding hydrogens is 274 g/mol. The standard InChI is InChI=1S/C18H27N3O/c19-17(15-8-3-1-4-9-15)18(22)21-13-7-10-16(14-21)20-11-5-2-6-12-20/h1,3-4,8-9,16-17H,2,5-7,10-14,19H2. The van der Waals surface area contributed by atoms with Gasteiger partial charge in [0.05, 0.1) is 0 Å². The van der Waals surface area contributed by atoms with E-state index in [9.17, 15) is 4.79 Å². The van der Waals surface area contributed by atoms with Crippen molar-refractivity contribution < 1.29 is 4.79 Å². The fraction of sp³-hybridized carbons (Fsp3) is 0.611. The maximum atomic E-state index is 12.7. The highest BCUT2D eigenvalue weighted by Crippen LogP contribution is 2.22. The topological polar surface area (TPSA) is 49.6 Å². The Hall–Kier alpha value is -1.39. The molecule has 1 aromatic carbocycles. The quantitative estimate of drug-likeness (QED) is 0.931. The molecule has 4 heteroatoms. The van der Waals surface area contributed by atoms with Crippen molar-refractivity contribution in [2.75, 3.05) is 26.2 Å². The molecule has 2 aliphatic rings. The van der Waals surface area contributed by atoms with Gasteiger partial charge in [-0.05, 0) is 44.3 Å². The van der Waals surface area contributed by atoms with E-state index in [0.29, 0.717) is 6.04 Å². The van der Waals surface area contributed by atoms with Gasteiger partial charge in [0, 0.05) is 19.1 Å². The van der Waals surface area contributed by atoms with Crippen LogP contribution in [0, 0.1) is 0 Å². The van der Waals surface area contributed by atoms with Crippen LogP contribution in [0.4, 0.5) is 0 Å². The van der Waals surface area contributed by atoms with Gasteiger partial charge < -0.3 is 10.6 Å². The number of hydrogen-bond acceptors (Lipinski definition) is 3. The Morgan fingerprint density at radius 2 is 1.77 bits per heavy atom. The molecule has 2 atom stereocenters. The summed E-state index contributed by atoms with van der Waals surface area (Å²) in [7, 11) is 0. The molecular formula is C18H27N3O. The summed E-state index contributed by atoms with van der Waals surface area (Å²) in [6.07, 6.45) is 6.26. The van der Waals surface area contributed by atoms with E-state index in [4.69, 9.17) is 5.73 Å². The molecule has 2 unspecified atom stereocenters. The molecule has 0 saturated carbocycles. The monoisotopic (exact) mass is 301 g/mol. The summed E-state index contributed by atoms with van der Waals surface area (Å²) < 4.78 is 0. The molecule has 0 aliphatic carbocycles. The summed E-state index contributed by atoms with van der Waals surface area (Å²) in [6.45, 7) is 4.08. The van der Waals surface area contributed by atoms with Crippen LogP contribution in [0.1, 0.15) is 43.7 Å². The first-order valence-electron chi connectivity index (χ1n) is 8.59. The summed E-state index contributed by atoms with van der Waals surface area (Å²) in [5, 5.41) is 0. The van der Waals surface area contributed by atoms with Crippen LogP contribution < -0.4 is 5.73 Å². The lowest BCUT2D eigenvalue weighted by atomic mass is 9.99. The Morgan fingerprint density at radius 1 is 1.05 bits per heavy atom. The van der Waals surface area contributed by atoms with Crippen molar-refractivity contribution in [3.63, 3.8) is 0 Å². The number of nitrogens with zero attached hydrogens (tertiary/aromatic N) is 2. The minimum absolute atomic E-state index is 0.0768. The van der Waals surface area contributed by atoms with Gasteiger partial charge in [0.1, 0.15) is 6.04 Å². The van der Waals surface area contributed by atoms with E-state index in [-0.39, 0.29) is 5.91 Å². The fourth-order valence-electron chi connectivity index (χ4n) is 3.74. The second kappa shape index (κ2) is 7.25. The van der Waals surface area contributed by atoms with Gasteiger partial charge in [-0.3, -0.25) is 9.69 Å². The average molecular weight is 301 g/mol. The number of nitrogens with two attached hydrogens (primary N) is 1. The molecule has 0 aromatic heterocycles. The number of carbonyl (C=O) groups excluding carboxylic acids is 1. The van der Waals surface area contributed by atoms with E-state index in [1.165, 1.54) is 38.8 Å². The summed E-state index contributed by atoms with van der Waals surface area (Å²) in [4.78, 5) is 17.3. The predicted molar refractivity (Wildman–Crippen MR) is 88.4 cm³/mol. The molecule has 1 amide bonds. The normalized spacial score (nSPS) is 25.0. The molecule has 22 heavy (non-hydrogen) atoms. The minimum atomic E-state index is -0.527. The Balaban J connectivity index is 1.62. The first kappa shape index (κ1) is 15.5. The molecule has 0 radical (unpaired) electrons. The molecule has 2 fully saturated rings. The number of piperidine rings is 2. The zero-order valence-electron chi connectivity index (χ0n) is 13.3. The van der Waals surface area contributed by atoms with Crippen molar-refractivity contribution in [3.8, 4) is 0 Å². The van der Waals surface area contributed by atoms with Crippen LogP contribution in [0.2, 0.25) is 0 Å². The fourth-order valence-corrected chi connectivity index (χ4v) is 3.74. The van der Waals surface area contributed by atoms with Crippen LogP contribution in [-0.4, -0.2) is 47.9 Å². The molecule has 1 aromatic rings. The summed E-state index contributed by atoms with van der Waals surface area (Å²) >= 11 is 0. The predicted octanol–water partition coefficient (Wildman–Crippen LogP) is 2.16. The van der Waals surface area contributed by atoms with E-state index >= 15 is 0 Å². The third kappa shape index (κ3) is 3.50. The third-order valence-electron chi connectivity index (χ3n) is 5.04. The Morgan fingerprint density at radius 3 is 2.50 bits per heavy atom.